The van der Waals surface area contributed by atoms with Crippen LogP contribution in [-0.2, 0) is 10.1 Å². The minimum atomic E-state index is -3.72. The number of hydrogen-bond acceptors (Lipinski definition) is 2. The minimum absolute atomic E-state index is 0. The van der Waals surface area contributed by atoms with Crippen LogP contribution in [0.4, 0.5) is 0 Å². The smallest absolute Gasteiger partial charge is 1.00 e. The molecule has 1 N–H and O–H groups in total. The molecule has 3 nitrogen and oxygen atoms in total. The molecule has 5 heteroatoms. The summed E-state index contributed by atoms with van der Waals surface area (Å²) in [5.41, 5.74) is 0. The average molecular weight is 328 g/mol. The molecule has 0 fully saturated rings. The first-order valence-electron chi connectivity index (χ1n) is 4.51. The molecule has 0 radical (unpaired) electrons. The van der Waals surface area contributed by atoms with Gasteiger partial charge in [-0.1, -0.05) is 39.0 Å². The molecule has 0 amide bonds. The van der Waals surface area contributed by atoms with Crippen molar-refractivity contribution >= 4 is 10.1 Å². The molecule has 0 saturated heterocycles. The van der Waals surface area contributed by atoms with Crippen LogP contribution in [0.3, 0.4) is 0 Å². The number of hydrogen-bond donors (Lipinski definition) is 1. The van der Waals surface area contributed by atoms with Gasteiger partial charge in [0.15, 0.2) is 0 Å². The van der Waals surface area contributed by atoms with Crippen LogP contribution in [0.15, 0.2) is 0 Å². The number of rotatable bonds is 7. The minimum Gasteiger partial charge on any atom is -1.00 e. The van der Waals surface area contributed by atoms with E-state index >= 15 is 0 Å². The third kappa shape index (κ3) is 16.6. The molecular formula is C8H19CsO3S. The summed E-state index contributed by atoms with van der Waals surface area (Å²) in [4.78, 5) is 0. The Morgan fingerprint density at radius 3 is 2.00 bits per heavy atom. The van der Waals surface area contributed by atoms with Crippen molar-refractivity contribution in [3.63, 3.8) is 0 Å². The van der Waals surface area contributed by atoms with Crippen LogP contribution >= 0.6 is 0 Å². The third-order valence-corrected chi connectivity index (χ3v) is 2.56. The van der Waals surface area contributed by atoms with E-state index in [0.29, 0.717) is 6.42 Å². The van der Waals surface area contributed by atoms with Gasteiger partial charge in [-0.15, -0.1) is 0 Å². The SMILES string of the molecule is CCCCCCCCS(=O)(=O)O.[Cs+].[H-]. The van der Waals surface area contributed by atoms with Crippen LogP contribution in [-0.4, -0.2) is 18.7 Å². The summed E-state index contributed by atoms with van der Waals surface area (Å²) >= 11 is 0. The Kier molecular flexibility index (Phi) is 14.0. The first-order chi connectivity index (χ1) is 5.56. The molecule has 76 valence electrons. The summed E-state index contributed by atoms with van der Waals surface area (Å²) < 4.78 is 28.9. The molecule has 0 unspecified atom stereocenters. The van der Waals surface area contributed by atoms with E-state index in [1.807, 2.05) is 0 Å². The standard InChI is InChI=1S/C8H18O3S.Cs.H/c1-2-3-4-5-6-7-8-12(9,10)11;;/h2-8H2,1H3,(H,9,10,11);;/q;+1;-1. The van der Waals surface area contributed by atoms with E-state index in [1.54, 1.807) is 0 Å². The Morgan fingerprint density at radius 2 is 1.54 bits per heavy atom. The third-order valence-electron chi connectivity index (χ3n) is 1.76. The van der Waals surface area contributed by atoms with Crippen molar-refractivity contribution in [1.29, 1.82) is 0 Å². The second kappa shape index (κ2) is 10.5. The van der Waals surface area contributed by atoms with Gasteiger partial charge in [0.05, 0.1) is 5.75 Å². The molecule has 13 heavy (non-hydrogen) atoms. The first kappa shape index (κ1) is 17.4. The van der Waals surface area contributed by atoms with Crippen LogP contribution < -0.4 is 68.9 Å². The zero-order valence-electron chi connectivity index (χ0n) is 9.62. The van der Waals surface area contributed by atoms with Crippen molar-refractivity contribution in [3.05, 3.63) is 0 Å². The van der Waals surface area contributed by atoms with Crippen LogP contribution in [0, 0.1) is 0 Å². The molecule has 0 bridgehead atoms. The second-order valence-electron chi connectivity index (χ2n) is 3.05. The van der Waals surface area contributed by atoms with Gasteiger partial charge in [-0.2, -0.15) is 8.42 Å². The molecule has 0 atom stereocenters. The summed E-state index contributed by atoms with van der Waals surface area (Å²) in [6.45, 7) is 2.14. The zero-order valence-corrected chi connectivity index (χ0v) is 15.7. The van der Waals surface area contributed by atoms with Crippen LogP contribution in [0.25, 0.3) is 0 Å². The number of unbranched alkanes of at least 4 members (excludes halogenated alkanes) is 5. The second-order valence-corrected chi connectivity index (χ2v) is 4.63. The summed E-state index contributed by atoms with van der Waals surface area (Å²) in [6, 6.07) is 0. The molecule has 0 aromatic carbocycles. The van der Waals surface area contributed by atoms with Crippen molar-refractivity contribution in [3.8, 4) is 0 Å². The Labute approximate surface area is 142 Å². The van der Waals surface area contributed by atoms with E-state index in [0.717, 1.165) is 12.8 Å². The first-order valence-corrected chi connectivity index (χ1v) is 6.12. The van der Waals surface area contributed by atoms with Gasteiger partial charge in [-0.25, -0.2) is 0 Å². The predicted octanol–water partition coefficient (Wildman–Crippen LogP) is -0.649. The molecular weight excluding hydrogens is 309 g/mol. The van der Waals surface area contributed by atoms with Crippen molar-refractivity contribution in [2.75, 3.05) is 5.75 Å². The fraction of sp³-hybridized carbons (Fsp3) is 1.00. The van der Waals surface area contributed by atoms with Gasteiger partial charge in [-0.05, 0) is 6.42 Å². The summed E-state index contributed by atoms with van der Waals surface area (Å²) in [7, 11) is -3.72. The van der Waals surface area contributed by atoms with E-state index in [2.05, 4.69) is 6.92 Å². The van der Waals surface area contributed by atoms with Gasteiger partial charge in [0.2, 0.25) is 0 Å². The van der Waals surface area contributed by atoms with E-state index in [1.165, 1.54) is 19.3 Å². The van der Waals surface area contributed by atoms with Gasteiger partial charge in [0.25, 0.3) is 10.1 Å². The van der Waals surface area contributed by atoms with Gasteiger partial charge in [-0.3, -0.25) is 4.55 Å². The molecule has 0 aromatic heterocycles. The molecule has 0 aliphatic carbocycles. The Bertz CT molecular complexity index is 195. The fourth-order valence-electron chi connectivity index (χ4n) is 1.06. The monoisotopic (exact) mass is 328 g/mol. The maximum Gasteiger partial charge on any atom is 1.00 e. The predicted molar refractivity (Wildman–Crippen MR) is 50.9 cm³/mol. The van der Waals surface area contributed by atoms with Crippen LogP contribution in [0.5, 0.6) is 0 Å². The van der Waals surface area contributed by atoms with Crippen LogP contribution in [0.1, 0.15) is 46.9 Å². The quantitative estimate of drug-likeness (QED) is 0.499. The average Bonchev–Trinajstić information content (AvgIpc) is 1.94. The molecule has 0 saturated carbocycles. The Balaban J connectivity index is -0.000000605. The van der Waals surface area contributed by atoms with E-state index in [-0.39, 0.29) is 76.1 Å². The van der Waals surface area contributed by atoms with Gasteiger partial charge in [0.1, 0.15) is 0 Å². The Morgan fingerprint density at radius 1 is 1.08 bits per heavy atom. The zero-order chi connectivity index (χ0) is 9.45. The molecule has 0 aliphatic heterocycles. The van der Waals surface area contributed by atoms with Crippen molar-refractivity contribution in [2.24, 2.45) is 0 Å². The fourth-order valence-corrected chi connectivity index (χ4v) is 1.63. The molecule has 0 rings (SSSR count). The van der Waals surface area contributed by atoms with E-state index in [4.69, 9.17) is 4.55 Å². The van der Waals surface area contributed by atoms with Crippen molar-refractivity contribution in [1.82, 2.24) is 0 Å². The Hall–Kier alpha value is 1.96. The summed E-state index contributed by atoms with van der Waals surface area (Å²) in [6.07, 6.45) is 6.14. The molecule has 0 spiro atoms. The molecule has 0 aliphatic rings. The van der Waals surface area contributed by atoms with Crippen molar-refractivity contribution < 1.29 is 83.3 Å². The topological polar surface area (TPSA) is 54.4 Å². The molecule has 0 aromatic rings. The summed E-state index contributed by atoms with van der Waals surface area (Å²) in [5.74, 6) is -0.0842. The van der Waals surface area contributed by atoms with Gasteiger partial charge < -0.3 is 1.43 Å². The largest absolute Gasteiger partial charge is 1.00 e. The van der Waals surface area contributed by atoms with Gasteiger partial charge in [0, 0.05) is 0 Å². The van der Waals surface area contributed by atoms with E-state index < -0.39 is 10.1 Å². The van der Waals surface area contributed by atoms with Crippen molar-refractivity contribution in [2.45, 2.75) is 45.4 Å². The van der Waals surface area contributed by atoms with E-state index in [9.17, 15) is 8.42 Å². The normalized spacial score (nSPS) is 10.9. The maximum absolute atomic E-state index is 10.3. The summed E-state index contributed by atoms with van der Waals surface area (Å²) in [5, 5.41) is 0. The van der Waals surface area contributed by atoms with Crippen LogP contribution in [0.2, 0.25) is 0 Å². The van der Waals surface area contributed by atoms with Gasteiger partial charge >= 0.3 is 68.9 Å². The molecule has 0 heterocycles. The maximum atomic E-state index is 10.3.